The van der Waals surface area contributed by atoms with Gasteiger partial charge in [-0.2, -0.15) is 0 Å². The largest absolute Gasteiger partial charge is 0.481 e. The van der Waals surface area contributed by atoms with Crippen molar-refractivity contribution in [3.63, 3.8) is 0 Å². The van der Waals surface area contributed by atoms with Gasteiger partial charge in [-0.15, -0.1) is 24.0 Å². The number of guanidine groups is 1. The highest BCUT2D eigenvalue weighted by molar-refractivity contribution is 14.0. The van der Waals surface area contributed by atoms with Crippen molar-refractivity contribution in [2.45, 2.75) is 32.9 Å². The predicted octanol–water partition coefficient (Wildman–Crippen LogP) is 2.17. The smallest absolute Gasteiger partial charge is 0.218 e. The number of halogens is 1. The van der Waals surface area contributed by atoms with Crippen LogP contribution < -0.4 is 15.4 Å². The van der Waals surface area contributed by atoms with E-state index < -0.39 is 0 Å². The zero-order valence-corrected chi connectivity index (χ0v) is 14.3. The molecule has 0 spiro atoms. The Bertz CT molecular complexity index is 398. The molecule has 0 aromatic carbocycles. The first-order chi connectivity index (χ1) is 8.71. The van der Waals surface area contributed by atoms with Crippen LogP contribution in [0.15, 0.2) is 23.3 Å². The maximum Gasteiger partial charge on any atom is 0.218 e. The maximum atomic E-state index is 5.20. The zero-order chi connectivity index (χ0) is 13.4. The highest BCUT2D eigenvalue weighted by Crippen LogP contribution is 2.12. The van der Waals surface area contributed by atoms with Gasteiger partial charge in [0, 0.05) is 31.4 Å². The van der Waals surface area contributed by atoms with Crippen molar-refractivity contribution in [3.8, 4) is 5.88 Å². The molecule has 0 saturated carbocycles. The molecule has 0 fully saturated rings. The second-order valence-corrected chi connectivity index (χ2v) is 4.05. The van der Waals surface area contributed by atoms with Gasteiger partial charge >= 0.3 is 0 Å². The van der Waals surface area contributed by atoms with Gasteiger partial charge in [0.2, 0.25) is 5.88 Å². The van der Waals surface area contributed by atoms with Crippen LogP contribution in [-0.4, -0.2) is 31.1 Å². The molecule has 0 aliphatic rings. The summed E-state index contributed by atoms with van der Waals surface area (Å²) < 4.78 is 5.20. The van der Waals surface area contributed by atoms with Gasteiger partial charge in [0.1, 0.15) is 0 Å². The summed E-state index contributed by atoms with van der Waals surface area (Å²) in [5.41, 5.74) is 1.01. The van der Waals surface area contributed by atoms with E-state index in [2.05, 4.69) is 34.5 Å². The number of hydrogen-bond acceptors (Lipinski definition) is 3. The van der Waals surface area contributed by atoms with Gasteiger partial charge in [-0.25, -0.2) is 4.98 Å². The van der Waals surface area contributed by atoms with E-state index in [-0.39, 0.29) is 24.0 Å². The van der Waals surface area contributed by atoms with E-state index in [1.54, 1.807) is 20.4 Å². The van der Waals surface area contributed by atoms with Crippen LogP contribution in [0.3, 0.4) is 0 Å². The molecular formula is C13H23IN4O. The Morgan fingerprint density at radius 3 is 2.84 bits per heavy atom. The molecule has 0 saturated heterocycles. The molecule has 0 amide bonds. The monoisotopic (exact) mass is 378 g/mol. The molecule has 1 heterocycles. The van der Waals surface area contributed by atoms with E-state index in [1.807, 2.05) is 12.1 Å². The van der Waals surface area contributed by atoms with E-state index in [0.29, 0.717) is 18.5 Å². The van der Waals surface area contributed by atoms with Crippen molar-refractivity contribution in [1.29, 1.82) is 0 Å². The summed E-state index contributed by atoms with van der Waals surface area (Å²) in [6.07, 6.45) is 2.77. The topological polar surface area (TPSA) is 58.5 Å². The average Bonchev–Trinajstić information content (AvgIpc) is 2.43. The standard InChI is InChI=1S/C13H22N4O.HI/c1-5-10(2)17-13(14-3)16-9-11-7-6-8-15-12(11)18-4;/h6-8,10H,5,9H2,1-4H3,(H2,14,16,17);1H. The van der Waals surface area contributed by atoms with Crippen molar-refractivity contribution in [3.05, 3.63) is 23.9 Å². The lowest BCUT2D eigenvalue weighted by atomic mass is 10.2. The summed E-state index contributed by atoms with van der Waals surface area (Å²) in [6, 6.07) is 4.27. The molecule has 0 aliphatic carbocycles. The third-order valence-corrected chi connectivity index (χ3v) is 2.71. The summed E-state index contributed by atoms with van der Waals surface area (Å²) >= 11 is 0. The number of pyridine rings is 1. The number of hydrogen-bond donors (Lipinski definition) is 2. The minimum atomic E-state index is 0. The minimum Gasteiger partial charge on any atom is -0.481 e. The Morgan fingerprint density at radius 2 is 2.26 bits per heavy atom. The van der Waals surface area contributed by atoms with Crippen molar-refractivity contribution >= 4 is 29.9 Å². The first-order valence-electron chi connectivity index (χ1n) is 6.16. The maximum absolute atomic E-state index is 5.20. The van der Waals surface area contributed by atoms with Crippen molar-refractivity contribution < 1.29 is 4.74 Å². The van der Waals surface area contributed by atoms with Crippen molar-refractivity contribution in [2.75, 3.05) is 14.2 Å². The Kier molecular flexibility index (Phi) is 9.28. The molecule has 5 nitrogen and oxygen atoms in total. The fraction of sp³-hybridized carbons (Fsp3) is 0.538. The molecule has 1 rings (SSSR count). The lowest BCUT2D eigenvalue weighted by Crippen LogP contribution is -2.41. The summed E-state index contributed by atoms with van der Waals surface area (Å²) in [4.78, 5) is 8.34. The number of ether oxygens (including phenoxy) is 1. The summed E-state index contributed by atoms with van der Waals surface area (Å²) in [6.45, 7) is 4.89. The van der Waals surface area contributed by atoms with Gasteiger partial charge in [-0.1, -0.05) is 13.0 Å². The Morgan fingerprint density at radius 1 is 1.53 bits per heavy atom. The summed E-state index contributed by atoms with van der Waals surface area (Å²) in [5.74, 6) is 1.43. The van der Waals surface area contributed by atoms with Crippen LogP contribution in [0.2, 0.25) is 0 Å². The molecule has 2 N–H and O–H groups in total. The van der Waals surface area contributed by atoms with Crippen LogP contribution in [0.25, 0.3) is 0 Å². The number of aliphatic imine (C=N–C) groups is 1. The van der Waals surface area contributed by atoms with Crippen LogP contribution in [0.1, 0.15) is 25.8 Å². The van der Waals surface area contributed by atoms with E-state index in [4.69, 9.17) is 4.74 Å². The second-order valence-electron chi connectivity index (χ2n) is 4.05. The Balaban J connectivity index is 0.00000324. The van der Waals surface area contributed by atoms with Gasteiger partial charge in [-0.05, 0) is 19.4 Å². The van der Waals surface area contributed by atoms with Crippen molar-refractivity contribution in [2.24, 2.45) is 4.99 Å². The van der Waals surface area contributed by atoms with Crippen LogP contribution in [0.4, 0.5) is 0 Å². The number of methoxy groups -OCH3 is 1. The minimum absolute atomic E-state index is 0. The molecule has 1 atom stereocenters. The Labute approximate surface area is 132 Å². The molecular weight excluding hydrogens is 355 g/mol. The van der Waals surface area contributed by atoms with Crippen LogP contribution in [0.5, 0.6) is 5.88 Å². The molecule has 6 heteroatoms. The van der Waals surface area contributed by atoms with Gasteiger partial charge in [0.25, 0.3) is 0 Å². The Hall–Kier alpha value is -1.05. The molecule has 0 aliphatic heterocycles. The van der Waals surface area contributed by atoms with Crippen LogP contribution >= 0.6 is 24.0 Å². The lowest BCUT2D eigenvalue weighted by Gasteiger charge is -2.16. The molecule has 108 valence electrons. The molecule has 1 aromatic heterocycles. The third-order valence-electron chi connectivity index (χ3n) is 2.71. The second kappa shape index (κ2) is 9.82. The molecule has 1 aromatic rings. The van der Waals surface area contributed by atoms with E-state index >= 15 is 0 Å². The number of aromatic nitrogens is 1. The van der Waals surface area contributed by atoms with E-state index in [0.717, 1.165) is 17.9 Å². The van der Waals surface area contributed by atoms with Gasteiger partial charge in [0.15, 0.2) is 5.96 Å². The summed E-state index contributed by atoms with van der Waals surface area (Å²) in [7, 11) is 3.39. The SMILES string of the molecule is CCC(C)NC(=NC)NCc1cccnc1OC.I. The highest BCUT2D eigenvalue weighted by Gasteiger charge is 2.06. The van der Waals surface area contributed by atoms with E-state index in [1.165, 1.54) is 0 Å². The van der Waals surface area contributed by atoms with Gasteiger partial charge < -0.3 is 15.4 Å². The molecule has 19 heavy (non-hydrogen) atoms. The van der Waals surface area contributed by atoms with Crippen LogP contribution in [-0.2, 0) is 6.54 Å². The molecule has 1 unspecified atom stereocenters. The molecule has 0 bridgehead atoms. The fourth-order valence-electron chi connectivity index (χ4n) is 1.45. The number of nitrogens with zero attached hydrogens (tertiary/aromatic N) is 2. The van der Waals surface area contributed by atoms with Gasteiger partial charge in [0.05, 0.1) is 7.11 Å². The van der Waals surface area contributed by atoms with Crippen molar-refractivity contribution in [1.82, 2.24) is 15.6 Å². The van der Waals surface area contributed by atoms with Crippen LogP contribution in [0, 0.1) is 0 Å². The summed E-state index contributed by atoms with van der Waals surface area (Å²) in [5, 5.41) is 6.55. The number of nitrogens with one attached hydrogen (secondary N) is 2. The first-order valence-corrected chi connectivity index (χ1v) is 6.16. The highest BCUT2D eigenvalue weighted by atomic mass is 127. The normalized spacial score (nSPS) is 12.3. The molecule has 0 radical (unpaired) electrons. The quantitative estimate of drug-likeness (QED) is 0.469. The predicted molar refractivity (Wildman–Crippen MR) is 89.3 cm³/mol. The third kappa shape index (κ3) is 6.09. The first kappa shape index (κ1) is 17.9. The van der Waals surface area contributed by atoms with Gasteiger partial charge in [-0.3, -0.25) is 4.99 Å². The lowest BCUT2D eigenvalue weighted by molar-refractivity contribution is 0.392. The number of rotatable bonds is 5. The van der Waals surface area contributed by atoms with E-state index in [9.17, 15) is 0 Å². The fourth-order valence-corrected chi connectivity index (χ4v) is 1.45. The average molecular weight is 378 g/mol. The zero-order valence-electron chi connectivity index (χ0n) is 11.9.